The first-order valence-corrected chi connectivity index (χ1v) is 9.22. The van der Waals surface area contributed by atoms with E-state index in [0.29, 0.717) is 44.0 Å². The Morgan fingerprint density at radius 2 is 2.11 bits per heavy atom. The lowest BCUT2D eigenvalue weighted by molar-refractivity contribution is -0.143. The lowest BCUT2D eigenvalue weighted by Crippen LogP contribution is -2.47. The zero-order valence-electron chi connectivity index (χ0n) is 15.1. The first-order valence-electron chi connectivity index (χ1n) is 9.22. The van der Waals surface area contributed by atoms with Gasteiger partial charge in [0, 0.05) is 31.4 Å². The number of carbonyl (C=O) groups is 2. The maximum absolute atomic E-state index is 13.1. The van der Waals surface area contributed by atoms with Crippen LogP contribution in [0.1, 0.15) is 47.8 Å². The Bertz CT molecular complexity index is 847. The molecule has 2 aliphatic rings. The van der Waals surface area contributed by atoms with Crippen LogP contribution >= 0.6 is 0 Å². The number of nitrogens with one attached hydrogen (secondary N) is 1. The summed E-state index contributed by atoms with van der Waals surface area (Å²) in [4.78, 5) is 35.4. The number of hydrogen-bond acceptors (Lipinski definition) is 4. The molecule has 3 heterocycles. The predicted molar refractivity (Wildman–Crippen MR) is 95.4 cm³/mol. The molecular weight excluding hydrogens is 349 g/mol. The normalized spacial score (nSPS) is 24.1. The molecule has 27 heavy (non-hydrogen) atoms. The third-order valence-electron chi connectivity index (χ3n) is 5.33. The molecule has 1 saturated carbocycles. The van der Waals surface area contributed by atoms with Crippen molar-refractivity contribution in [3.63, 3.8) is 0 Å². The summed E-state index contributed by atoms with van der Waals surface area (Å²) in [6, 6.07) is 5.29. The van der Waals surface area contributed by atoms with Crippen molar-refractivity contribution in [2.75, 3.05) is 6.54 Å². The van der Waals surface area contributed by atoms with Crippen LogP contribution in [0.2, 0.25) is 0 Å². The molecule has 0 bridgehead atoms. The number of amides is 2. The average Bonchev–Trinajstić information content (AvgIpc) is 3.09. The molecular formula is C19H22FN5O2. The highest BCUT2D eigenvalue weighted by molar-refractivity contribution is 5.92. The van der Waals surface area contributed by atoms with E-state index in [4.69, 9.17) is 0 Å². The number of hydrogen-bond donors (Lipinski definition) is 1. The Morgan fingerprint density at radius 3 is 2.81 bits per heavy atom. The van der Waals surface area contributed by atoms with E-state index in [1.807, 2.05) is 29.7 Å². The van der Waals surface area contributed by atoms with Gasteiger partial charge >= 0.3 is 0 Å². The molecule has 1 aliphatic heterocycles. The zero-order valence-corrected chi connectivity index (χ0v) is 15.1. The molecule has 142 valence electrons. The van der Waals surface area contributed by atoms with Gasteiger partial charge in [0.2, 0.25) is 5.91 Å². The Morgan fingerprint density at radius 1 is 1.30 bits per heavy atom. The average molecular weight is 371 g/mol. The lowest BCUT2D eigenvalue weighted by atomic mass is 9.82. The minimum absolute atomic E-state index is 0.00759. The van der Waals surface area contributed by atoms with E-state index in [-0.39, 0.29) is 23.8 Å². The number of rotatable bonds is 4. The molecule has 8 heteroatoms. The summed E-state index contributed by atoms with van der Waals surface area (Å²) in [5.41, 5.74) is 1.10. The highest BCUT2D eigenvalue weighted by Crippen LogP contribution is 2.35. The molecule has 4 rings (SSSR count). The second-order valence-electron chi connectivity index (χ2n) is 7.15. The van der Waals surface area contributed by atoms with Gasteiger partial charge in [-0.3, -0.25) is 14.6 Å². The number of fused-ring (bicyclic) bond motifs is 1. The molecule has 1 fully saturated rings. The smallest absolute Gasteiger partial charge is 0.271 e. The van der Waals surface area contributed by atoms with Gasteiger partial charge in [-0.25, -0.2) is 9.37 Å². The number of pyridine rings is 1. The maximum atomic E-state index is 13.1. The van der Waals surface area contributed by atoms with Crippen LogP contribution in [0.5, 0.6) is 0 Å². The van der Waals surface area contributed by atoms with Crippen molar-refractivity contribution < 1.29 is 14.0 Å². The molecule has 0 saturated heterocycles. The molecule has 1 atom stereocenters. The predicted octanol–water partition coefficient (Wildman–Crippen LogP) is 1.86. The molecule has 1 unspecified atom stereocenters. The van der Waals surface area contributed by atoms with Gasteiger partial charge in [0.05, 0.1) is 18.3 Å². The van der Waals surface area contributed by atoms with E-state index in [1.165, 1.54) is 0 Å². The standard InChI is InChI=1S/C19H22FN5O2/c1-12-17-23-16(18(26)22-10-15-4-2-3-5-21-15)11-24(17)6-7-25(12)19(27)13-8-14(20)9-13/h2-5,11-14H,6-10H2,1H3,(H,22,26). The van der Waals surface area contributed by atoms with Crippen molar-refractivity contribution in [1.29, 1.82) is 0 Å². The molecule has 2 aromatic rings. The summed E-state index contributed by atoms with van der Waals surface area (Å²) in [5, 5.41) is 2.82. The third-order valence-corrected chi connectivity index (χ3v) is 5.33. The molecule has 0 aromatic carbocycles. The fourth-order valence-corrected chi connectivity index (χ4v) is 3.65. The number of imidazole rings is 1. The van der Waals surface area contributed by atoms with Crippen LogP contribution in [0.15, 0.2) is 30.6 Å². The number of alkyl halides is 1. The molecule has 7 nitrogen and oxygen atoms in total. The Hall–Kier alpha value is -2.77. The van der Waals surface area contributed by atoms with Gasteiger partial charge in [-0.1, -0.05) is 6.07 Å². The first-order chi connectivity index (χ1) is 13.0. The molecule has 1 N–H and O–H groups in total. The number of aromatic nitrogens is 3. The SMILES string of the molecule is CC1c2nc(C(=O)NCc3ccccn3)cn2CCN1C(=O)C1CC(F)C1. The van der Waals surface area contributed by atoms with Crippen LogP contribution in [0.3, 0.4) is 0 Å². The minimum atomic E-state index is -0.851. The molecule has 0 spiro atoms. The monoisotopic (exact) mass is 371 g/mol. The second kappa shape index (κ2) is 7.09. The lowest BCUT2D eigenvalue weighted by Gasteiger charge is -2.39. The summed E-state index contributed by atoms with van der Waals surface area (Å²) < 4.78 is 15.0. The molecule has 2 aromatic heterocycles. The van der Waals surface area contributed by atoms with Crippen molar-refractivity contribution in [1.82, 2.24) is 24.8 Å². The van der Waals surface area contributed by atoms with Gasteiger partial charge in [-0.2, -0.15) is 0 Å². The van der Waals surface area contributed by atoms with Crippen molar-refractivity contribution in [3.8, 4) is 0 Å². The van der Waals surface area contributed by atoms with Crippen molar-refractivity contribution in [2.24, 2.45) is 5.92 Å². The van der Waals surface area contributed by atoms with E-state index in [2.05, 4.69) is 15.3 Å². The van der Waals surface area contributed by atoms with Crippen LogP contribution in [0.4, 0.5) is 4.39 Å². The minimum Gasteiger partial charge on any atom is -0.345 e. The number of halogens is 1. The quantitative estimate of drug-likeness (QED) is 0.890. The summed E-state index contributed by atoms with van der Waals surface area (Å²) in [7, 11) is 0. The van der Waals surface area contributed by atoms with Crippen molar-refractivity contribution >= 4 is 11.8 Å². The van der Waals surface area contributed by atoms with Gasteiger partial charge in [0.25, 0.3) is 5.91 Å². The van der Waals surface area contributed by atoms with Gasteiger partial charge in [-0.05, 0) is 31.9 Å². The molecule has 0 radical (unpaired) electrons. The van der Waals surface area contributed by atoms with Gasteiger partial charge in [0.15, 0.2) is 0 Å². The largest absolute Gasteiger partial charge is 0.345 e. The topological polar surface area (TPSA) is 80.1 Å². The first kappa shape index (κ1) is 17.6. The Kier molecular flexibility index (Phi) is 4.63. The van der Waals surface area contributed by atoms with Crippen molar-refractivity contribution in [2.45, 2.75) is 45.1 Å². The fourth-order valence-electron chi connectivity index (χ4n) is 3.65. The van der Waals surface area contributed by atoms with E-state index in [9.17, 15) is 14.0 Å². The zero-order chi connectivity index (χ0) is 19.0. The van der Waals surface area contributed by atoms with Crippen LogP contribution in [-0.4, -0.2) is 44.0 Å². The van der Waals surface area contributed by atoms with Crippen LogP contribution in [0.25, 0.3) is 0 Å². The maximum Gasteiger partial charge on any atom is 0.271 e. The fraction of sp³-hybridized carbons (Fsp3) is 0.474. The Balaban J connectivity index is 1.43. The second-order valence-corrected chi connectivity index (χ2v) is 7.15. The molecule has 2 amide bonds. The third kappa shape index (κ3) is 3.43. The highest BCUT2D eigenvalue weighted by atomic mass is 19.1. The summed E-state index contributed by atoms with van der Waals surface area (Å²) in [6.45, 7) is 3.36. The summed E-state index contributed by atoms with van der Waals surface area (Å²) in [5.74, 6) is 0.192. The van der Waals surface area contributed by atoms with Gasteiger partial charge in [0.1, 0.15) is 17.7 Å². The van der Waals surface area contributed by atoms with Gasteiger partial charge in [-0.15, -0.1) is 0 Å². The molecule has 1 aliphatic carbocycles. The van der Waals surface area contributed by atoms with E-state index < -0.39 is 6.17 Å². The van der Waals surface area contributed by atoms with Crippen LogP contribution in [0, 0.1) is 5.92 Å². The van der Waals surface area contributed by atoms with Gasteiger partial charge < -0.3 is 14.8 Å². The van der Waals surface area contributed by atoms with Crippen LogP contribution < -0.4 is 5.32 Å². The summed E-state index contributed by atoms with van der Waals surface area (Å²) >= 11 is 0. The number of carbonyl (C=O) groups excluding carboxylic acids is 2. The van der Waals surface area contributed by atoms with Crippen molar-refractivity contribution in [3.05, 3.63) is 47.8 Å². The van der Waals surface area contributed by atoms with Crippen LogP contribution in [-0.2, 0) is 17.9 Å². The van der Waals surface area contributed by atoms with E-state index in [0.717, 1.165) is 5.69 Å². The highest BCUT2D eigenvalue weighted by Gasteiger charge is 2.40. The summed E-state index contributed by atoms with van der Waals surface area (Å²) in [6.07, 6.45) is 3.19. The van der Waals surface area contributed by atoms with E-state index >= 15 is 0 Å². The van der Waals surface area contributed by atoms with E-state index in [1.54, 1.807) is 17.3 Å². The Labute approximate surface area is 156 Å². The number of nitrogens with zero attached hydrogens (tertiary/aromatic N) is 4.